The van der Waals surface area contributed by atoms with Crippen LogP contribution in [-0.2, 0) is 17.8 Å². The smallest absolute Gasteiger partial charge is 0.315 e. The van der Waals surface area contributed by atoms with Gasteiger partial charge in [0.15, 0.2) is 0 Å². The van der Waals surface area contributed by atoms with Crippen molar-refractivity contribution in [2.24, 2.45) is 0 Å². The van der Waals surface area contributed by atoms with Crippen LogP contribution in [-0.4, -0.2) is 73.4 Å². The number of aliphatic hydroxyl groups excluding tert-OH is 1. The minimum Gasteiger partial charge on any atom is -0.389 e. The van der Waals surface area contributed by atoms with Crippen LogP contribution in [0.3, 0.4) is 0 Å². The Bertz CT molecular complexity index is 825. The number of aliphatic hydroxyl groups is 1. The van der Waals surface area contributed by atoms with E-state index in [1.54, 1.807) is 0 Å². The maximum absolute atomic E-state index is 12.1. The zero-order valence-electron chi connectivity index (χ0n) is 19.2. The number of nitrogens with one attached hydrogen (secondary N) is 2. The first kappa shape index (κ1) is 24.2. The minimum absolute atomic E-state index is 0.113. The monoisotopic (exact) mass is 440 g/mol. The fourth-order valence-electron chi connectivity index (χ4n) is 3.69. The Hall–Kier alpha value is -2.45. The summed E-state index contributed by atoms with van der Waals surface area (Å²) in [6.07, 6.45) is -0.878. The van der Waals surface area contributed by atoms with E-state index in [4.69, 9.17) is 4.74 Å². The predicted molar refractivity (Wildman–Crippen MR) is 126 cm³/mol. The summed E-state index contributed by atoms with van der Waals surface area (Å²) in [6.45, 7) is 7.98. The fourth-order valence-corrected chi connectivity index (χ4v) is 3.69. The van der Waals surface area contributed by atoms with Gasteiger partial charge in [0.1, 0.15) is 0 Å². The molecule has 0 aliphatic carbocycles. The van der Waals surface area contributed by atoms with Crippen LogP contribution in [0, 0.1) is 0 Å². The molecule has 0 spiro atoms. The summed E-state index contributed by atoms with van der Waals surface area (Å²) < 4.78 is 5.70. The van der Waals surface area contributed by atoms with E-state index in [-0.39, 0.29) is 25.3 Å². The molecule has 2 atom stereocenters. The van der Waals surface area contributed by atoms with Gasteiger partial charge in [-0.3, -0.25) is 4.90 Å². The molecule has 3 N–H and O–H groups in total. The molecule has 2 amide bonds. The highest BCUT2D eigenvalue weighted by atomic mass is 16.5. The average molecular weight is 441 g/mol. The van der Waals surface area contributed by atoms with E-state index in [0.29, 0.717) is 6.54 Å². The van der Waals surface area contributed by atoms with Gasteiger partial charge in [-0.2, -0.15) is 0 Å². The largest absolute Gasteiger partial charge is 0.389 e. The summed E-state index contributed by atoms with van der Waals surface area (Å²) in [5, 5.41) is 15.7. The Balaban J connectivity index is 1.34. The van der Waals surface area contributed by atoms with Crippen molar-refractivity contribution in [2.45, 2.75) is 32.2 Å². The van der Waals surface area contributed by atoms with Gasteiger partial charge in [-0.25, -0.2) is 4.79 Å². The van der Waals surface area contributed by atoms with Crippen LogP contribution in [0.15, 0.2) is 54.6 Å². The Morgan fingerprint density at radius 3 is 2.50 bits per heavy atom. The van der Waals surface area contributed by atoms with E-state index in [0.717, 1.165) is 43.9 Å². The van der Waals surface area contributed by atoms with Gasteiger partial charge in [-0.15, -0.1) is 0 Å². The lowest BCUT2D eigenvalue weighted by atomic mass is 10.1. The predicted octanol–water partition coefficient (Wildman–Crippen LogP) is 2.37. The van der Waals surface area contributed by atoms with Crippen LogP contribution < -0.4 is 10.6 Å². The number of benzene rings is 2. The second-order valence-electron chi connectivity index (χ2n) is 8.50. The number of carbonyl (C=O) groups excluding carboxylic acids is 1. The van der Waals surface area contributed by atoms with Crippen LogP contribution in [0.5, 0.6) is 0 Å². The number of amides is 2. The maximum atomic E-state index is 12.1. The number of piperazine rings is 1. The molecule has 1 heterocycles. The lowest BCUT2D eigenvalue weighted by Crippen LogP contribution is -2.43. The molecular weight excluding hydrogens is 404 g/mol. The number of likely N-dealkylation sites (N-methyl/N-ethyl adjacent to an activating group) is 1. The molecule has 1 aliphatic rings. The molecule has 1 aliphatic heterocycles. The van der Waals surface area contributed by atoms with Gasteiger partial charge in [0.2, 0.25) is 0 Å². The van der Waals surface area contributed by atoms with Gasteiger partial charge >= 0.3 is 6.03 Å². The van der Waals surface area contributed by atoms with Crippen molar-refractivity contribution >= 4 is 6.03 Å². The number of rotatable bonds is 10. The molecule has 1 saturated heterocycles. The highest BCUT2D eigenvalue weighted by molar-refractivity contribution is 5.73. The van der Waals surface area contributed by atoms with E-state index < -0.39 is 6.10 Å². The summed E-state index contributed by atoms with van der Waals surface area (Å²) in [4.78, 5) is 16.9. The van der Waals surface area contributed by atoms with E-state index in [1.165, 1.54) is 5.56 Å². The number of carbonyl (C=O) groups is 1. The van der Waals surface area contributed by atoms with Crippen LogP contribution in [0.25, 0.3) is 0 Å². The van der Waals surface area contributed by atoms with Crippen molar-refractivity contribution < 1.29 is 14.6 Å². The number of ether oxygens (including phenoxy) is 1. The minimum atomic E-state index is -0.765. The van der Waals surface area contributed by atoms with Gasteiger partial charge in [0.05, 0.1) is 18.8 Å². The fraction of sp³-hybridized carbons (Fsp3) is 0.480. The Labute approximate surface area is 191 Å². The van der Waals surface area contributed by atoms with Crippen molar-refractivity contribution in [3.8, 4) is 0 Å². The van der Waals surface area contributed by atoms with Crippen molar-refractivity contribution in [1.82, 2.24) is 20.4 Å². The third kappa shape index (κ3) is 8.24. The molecule has 2 unspecified atom stereocenters. The van der Waals surface area contributed by atoms with Crippen molar-refractivity contribution in [3.05, 3.63) is 71.3 Å². The molecule has 2 aromatic rings. The summed E-state index contributed by atoms with van der Waals surface area (Å²) in [5.74, 6) is 0. The van der Waals surface area contributed by atoms with Crippen LogP contribution in [0.1, 0.15) is 29.7 Å². The summed E-state index contributed by atoms with van der Waals surface area (Å²) >= 11 is 0. The second kappa shape index (κ2) is 12.6. The topological polar surface area (TPSA) is 77.1 Å². The SMILES string of the molecule is CC(OCC(O)CNC(=O)NCc1cccc(CN2CCN(C)CC2)c1)c1ccccc1. The van der Waals surface area contributed by atoms with Crippen LogP contribution >= 0.6 is 0 Å². The van der Waals surface area contributed by atoms with Crippen LogP contribution in [0.2, 0.25) is 0 Å². The summed E-state index contributed by atoms with van der Waals surface area (Å²) in [6, 6.07) is 17.9. The average Bonchev–Trinajstić information content (AvgIpc) is 2.82. The summed E-state index contributed by atoms with van der Waals surface area (Å²) in [5.41, 5.74) is 3.38. The third-order valence-electron chi connectivity index (χ3n) is 5.75. The Morgan fingerprint density at radius 2 is 1.75 bits per heavy atom. The molecule has 3 rings (SSSR count). The molecule has 2 aromatic carbocycles. The molecule has 174 valence electrons. The zero-order valence-corrected chi connectivity index (χ0v) is 19.2. The Morgan fingerprint density at radius 1 is 1.03 bits per heavy atom. The molecule has 7 nitrogen and oxygen atoms in total. The van der Waals surface area contributed by atoms with E-state index in [1.807, 2.05) is 49.4 Å². The quantitative estimate of drug-likeness (QED) is 0.529. The first-order chi connectivity index (χ1) is 15.5. The summed E-state index contributed by atoms with van der Waals surface area (Å²) in [7, 11) is 2.16. The lowest BCUT2D eigenvalue weighted by molar-refractivity contribution is -0.00108. The van der Waals surface area contributed by atoms with E-state index >= 15 is 0 Å². The molecule has 7 heteroatoms. The normalized spacial score (nSPS) is 17.0. The molecule has 0 radical (unpaired) electrons. The van der Waals surface area contributed by atoms with Gasteiger partial charge in [0.25, 0.3) is 0 Å². The molecule has 0 bridgehead atoms. The maximum Gasteiger partial charge on any atom is 0.315 e. The second-order valence-corrected chi connectivity index (χ2v) is 8.50. The Kier molecular flexibility index (Phi) is 9.49. The van der Waals surface area contributed by atoms with Gasteiger partial charge < -0.3 is 25.4 Å². The van der Waals surface area contributed by atoms with Crippen molar-refractivity contribution in [2.75, 3.05) is 46.4 Å². The number of nitrogens with zero attached hydrogens (tertiary/aromatic N) is 2. The standard InChI is InChI=1S/C25H36N4O3/c1-20(23-9-4-3-5-10-23)32-19-24(30)17-27-25(31)26-16-21-7-6-8-22(15-21)18-29-13-11-28(2)12-14-29/h3-10,15,20,24,30H,11-14,16-19H2,1-2H3,(H2,26,27,31). The molecule has 0 saturated carbocycles. The lowest BCUT2D eigenvalue weighted by Gasteiger charge is -2.32. The van der Waals surface area contributed by atoms with Gasteiger partial charge in [0, 0.05) is 45.8 Å². The highest BCUT2D eigenvalue weighted by Gasteiger charge is 2.14. The molecule has 0 aromatic heterocycles. The highest BCUT2D eigenvalue weighted by Crippen LogP contribution is 2.16. The molecular formula is C25H36N4O3. The van der Waals surface area contributed by atoms with Gasteiger partial charge in [-0.1, -0.05) is 54.6 Å². The zero-order chi connectivity index (χ0) is 22.8. The van der Waals surface area contributed by atoms with Crippen molar-refractivity contribution in [3.63, 3.8) is 0 Å². The number of hydrogen-bond donors (Lipinski definition) is 3. The van der Waals surface area contributed by atoms with Crippen molar-refractivity contribution in [1.29, 1.82) is 0 Å². The third-order valence-corrected chi connectivity index (χ3v) is 5.75. The first-order valence-electron chi connectivity index (χ1n) is 11.3. The van der Waals surface area contributed by atoms with E-state index in [2.05, 4.69) is 39.6 Å². The number of hydrogen-bond acceptors (Lipinski definition) is 5. The number of urea groups is 1. The molecule has 1 fully saturated rings. The molecule has 32 heavy (non-hydrogen) atoms. The van der Waals surface area contributed by atoms with Gasteiger partial charge in [-0.05, 0) is 30.7 Å². The van der Waals surface area contributed by atoms with E-state index in [9.17, 15) is 9.90 Å². The van der Waals surface area contributed by atoms with Crippen LogP contribution in [0.4, 0.5) is 4.79 Å². The first-order valence-corrected chi connectivity index (χ1v) is 11.3.